The third-order valence-electron chi connectivity index (χ3n) is 3.42. The van der Waals surface area contributed by atoms with Gasteiger partial charge in [0.25, 0.3) is 0 Å². The highest BCUT2D eigenvalue weighted by Gasteiger charge is 2.49. The zero-order valence-corrected chi connectivity index (χ0v) is 9.43. The van der Waals surface area contributed by atoms with Gasteiger partial charge < -0.3 is 0 Å². The number of rotatable bonds is 2. The molecule has 0 unspecified atom stereocenters. The molecule has 76 valence electrons. The van der Waals surface area contributed by atoms with Crippen LogP contribution in [0.15, 0.2) is 29.6 Å². The molecule has 0 radical (unpaired) electrons. The Balaban J connectivity index is 2.24. The zero-order chi connectivity index (χ0) is 10.5. The lowest BCUT2D eigenvalue weighted by atomic mass is 9.92. The SMILES string of the molecule is CC(=O)C1(c2csc3ccccc23)CC1. The van der Waals surface area contributed by atoms with Crippen LogP contribution in [-0.4, -0.2) is 5.78 Å². The average Bonchev–Trinajstić information content (AvgIpc) is 2.93. The highest BCUT2D eigenvalue weighted by molar-refractivity contribution is 7.17. The van der Waals surface area contributed by atoms with Gasteiger partial charge in [0, 0.05) is 4.70 Å². The standard InChI is InChI=1S/C13H12OS/c1-9(14)13(6-7-13)11-8-15-12-5-3-2-4-10(11)12/h2-5,8H,6-7H2,1H3. The van der Waals surface area contributed by atoms with Crippen molar-refractivity contribution >= 4 is 27.2 Å². The van der Waals surface area contributed by atoms with E-state index in [9.17, 15) is 4.79 Å². The summed E-state index contributed by atoms with van der Waals surface area (Å²) in [6.07, 6.45) is 2.06. The Morgan fingerprint density at radius 1 is 1.33 bits per heavy atom. The maximum absolute atomic E-state index is 11.7. The smallest absolute Gasteiger partial charge is 0.140 e. The average molecular weight is 216 g/mol. The topological polar surface area (TPSA) is 17.1 Å². The fourth-order valence-corrected chi connectivity index (χ4v) is 3.34. The van der Waals surface area contributed by atoms with Crippen molar-refractivity contribution in [2.75, 3.05) is 0 Å². The third-order valence-corrected chi connectivity index (χ3v) is 4.38. The normalized spacial score (nSPS) is 17.9. The summed E-state index contributed by atoms with van der Waals surface area (Å²) in [4.78, 5) is 11.7. The van der Waals surface area contributed by atoms with E-state index in [2.05, 4.69) is 29.6 Å². The van der Waals surface area contributed by atoms with Crippen molar-refractivity contribution in [3.8, 4) is 0 Å². The molecule has 0 bridgehead atoms. The number of fused-ring (bicyclic) bond motifs is 1. The highest BCUT2D eigenvalue weighted by Crippen LogP contribution is 2.52. The van der Waals surface area contributed by atoms with Gasteiger partial charge in [-0.3, -0.25) is 4.79 Å². The molecule has 0 saturated heterocycles. The Bertz CT molecular complexity index is 534. The van der Waals surface area contributed by atoms with Gasteiger partial charge in [0.2, 0.25) is 0 Å². The van der Waals surface area contributed by atoms with Crippen molar-refractivity contribution < 1.29 is 4.79 Å². The molecular weight excluding hydrogens is 204 g/mol. The van der Waals surface area contributed by atoms with Crippen LogP contribution in [0.2, 0.25) is 0 Å². The summed E-state index contributed by atoms with van der Waals surface area (Å²) in [5.41, 5.74) is 1.13. The second-order valence-corrected chi connectivity index (χ2v) is 5.20. The lowest BCUT2D eigenvalue weighted by molar-refractivity contribution is -0.119. The predicted molar refractivity (Wildman–Crippen MR) is 63.4 cm³/mol. The quantitative estimate of drug-likeness (QED) is 0.750. The summed E-state index contributed by atoms with van der Waals surface area (Å²) in [5.74, 6) is 0.325. The van der Waals surface area contributed by atoms with Crippen LogP contribution in [0.4, 0.5) is 0 Å². The molecule has 1 aromatic heterocycles. The van der Waals surface area contributed by atoms with E-state index in [0.29, 0.717) is 5.78 Å². The molecule has 1 aromatic carbocycles. The maximum Gasteiger partial charge on any atom is 0.140 e. The van der Waals surface area contributed by atoms with Crippen LogP contribution < -0.4 is 0 Å². The van der Waals surface area contributed by atoms with Crippen LogP contribution in [0.3, 0.4) is 0 Å². The molecule has 1 heterocycles. The van der Waals surface area contributed by atoms with E-state index in [1.807, 2.05) is 0 Å². The van der Waals surface area contributed by atoms with E-state index < -0.39 is 0 Å². The lowest BCUT2D eigenvalue weighted by Crippen LogP contribution is -2.16. The summed E-state index contributed by atoms with van der Waals surface area (Å²) in [6, 6.07) is 8.36. The first kappa shape index (κ1) is 9.10. The van der Waals surface area contributed by atoms with E-state index in [4.69, 9.17) is 0 Å². The van der Waals surface area contributed by atoms with E-state index in [-0.39, 0.29) is 5.41 Å². The fourth-order valence-electron chi connectivity index (χ4n) is 2.28. The first-order valence-electron chi connectivity index (χ1n) is 5.22. The van der Waals surface area contributed by atoms with Gasteiger partial charge in [0.05, 0.1) is 5.41 Å². The first-order valence-corrected chi connectivity index (χ1v) is 6.10. The second-order valence-electron chi connectivity index (χ2n) is 4.28. The molecule has 0 N–H and O–H groups in total. The first-order chi connectivity index (χ1) is 7.24. The Morgan fingerprint density at radius 3 is 2.73 bits per heavy atom. The fraction of sp³-hybridized carbons (Fsp3) is 0.308. The Morgan fingerprint density at radius 2 is 2.07 bits per heavy atom. The molecule has 3 rings (SSSR count). The maximum atomic E-state index is 11.7. The van der Waals surface area contributed by atoms with Crippen molar-refractivity contribution in [1.29, 1.82) is 0 Å². The minimum Gasteiger partial charge on any atom is -0.299 e. The molecule has 2 heteroatoms. The zero-order valence-electron chi connectivity index (χ0n) is 8.62. The summed E-state index contributed by atoms with van der Waals surface area (Å²) in [6.45, 7) is 1.72. The van der Waals surface area contributed by atoms with Crippen LogP contribution in [0.1, 0.15) is 25.3 Å². The molecule has 1 aliphatic rings. The minimum absolute atomic E-state index is 0.125. The van der Waals surface area contributed by atoms with E-state index in [1.54, 1.807) is 18.3 Å². The molecule has 1 fully saturated rings. The summed E-state index contributed by atoms with van der Waals surface area (Å²) in [7, 11) is 0. The number of hydrogen-bond acceptors (Lipinski definition) is 2. The van der Waals surface area contributed by atoms with Gasteiger partial charge in [-0.1, -0.05) is 18.2 Å². The molecule has 0 amide bonds. The van der Waals surface area contributed by atoms with E-state index >= 15 is 0 Å². The number of carbonyl (C=O) groups excluding carboxylic acids is 1. The molecule has 1 nitrogen and oxygen atoms in total. The predicted octanol–water partition coefficient (Wildman–Crippen LogP) is 3.52. The van der Waals surface area contributed by atoms with Crippen molar-refractivity contribution in [2.45, 2.75) is 25.2 Å². The second kappa shape index (κ2) is 2.92. The van der Waals surface area contributed by atoms with Gasteiger partial charge in [-0.2, -0.15) is 0 Å². The molecular formula is C13H12OS. The van der Waals surface area contributed by atoms with Crippen molar-refractivity contribution in [2.24, 2.45) is 0 Å². The van der Waals surface area contributed by atoms with Crippen LogP contribution in [-0.2, 0) is 10.2 Å². The molecule has 1 aliphatic carbocycles. The number of carbonyl (C=O) groups is 1. The largest absolute Gasteiger partial charge is 0.299 e. The Kier molecular flexibility index (Phi) is 1.77. The van der Waals surface area contributed by atoms with E-state index in [0.717, 1.165) is 12.8 Å². The highest BCUT2D eigenvalue weighted by atomic mass is 32.1. The molecule has 2 aromatic rings. The van der Waals surface area contributed by atoms with Gasteiger partial charge in [0.15, 0.2) is 0 Å². The molecule has 0 spiro atoms. The van der Waals surface area contributed by atoms with Crippen LogP contribution in [0.25, 0.3) is 10.1 Å². The lowest BCUT2D eigenvalue weighted by Gasteiger charge is -2.09. The number of ketones is 1. The van der Waals surface area contributed by atoms with Gasteiger partial charge in [0.1, 0.15) is 5.78 Å². The summed E-state index contributed by atoms with van der Waals surface area (Å²) in [5, 5.41) is 3.44. The third kappa shape index (κ3) is 1.18. The molecule has 0 atom stereocenters. The number of benzene rings is 1. The Labute approximate surface area is 92.7 Å². The Hall–Kier alpha value is -1.15. The van der Waals surface area contributed by atoms with Crippen LogP contribution >= 0.6 is 11.3 Å². The monoisotopic (exact) mass is 216 g/mol. The minimum atomic E-state index is -0.125. The summed E-state index contributed by atoms with van der Waals surface area (Å²) < 4.78 is 1.29. The molecule has 0 aliphatic heterocycles. The molecule has 1 saturated carbocycles. The van der Waals surface area contributed by atoms with Gasteiger partial charge in [-0.15, -0.1) is 11.3 Å². The van der Waals surface area contributed by atoms with Crippen molar-refractivity contribution in [3.63, 3.8) is 0 Å². The molecule has 15 heavy (non-hydrogen) atoms. The number of Topliss-reactive ketones (excluding diaryl/α,β-unsaturated/α-hetero) is 1. The van der Waals surface area contributed by atoms with Crippen molar-refractivity contribution in [3.05, 3.63) is 35.2 Å². The van der Waals surface area contributed by atoms with Gasteiger partial charge in [-0.25, -0.2) is 0 Å². The summed E-state index contributed by atoms with van der Waals surface area (Å²) >= 11 is 1.75. The number of thiophene rings is 1. The van der Waals surface area contributed by atoms with Crippen LogP contribution in [0, 0.1) is 0 Å². The van der Waals surface area contributed by atoms with Crippen LogP contribution in [0.5, 0.6) is 0 Å². The van der Waals surface area contributed by atoms with Gasteiger partial charge >= 0.3 is 0 Å². The van der Waals surface area contributed by atoms with Crippen molar-refractivity contribution in [1.82, 2.24) is 0 Å². The van der Waals surface area contributed by atoms with Gasteiger partial charge in [-0.05, 0) is 42.2 Å². The van der Waals surface area contributed by atoms with E-state index in [1.165, 1.54) is 15.6 Å². The number of hydrogen-bond donors (Lipinski definition) is 0.